The van der Waals surface area contributed by atoms with Gasteiger partial charge in [0.05, 0.1) is 44.6 Å². The van der Waals surface area contributed by atoms with Gasteiger partial charge >= 0.3 is 0 Å². The molecule has 9 aromatic carbocycles. The lowest BCUT2D eigenvalue weighted by Gasteiger charge is -2.27. The molecular formula is C60H35N5O. The molecule has 6 heteroatoms. The summed E-state index contributed by atoms with van der Waals surface area (Å²) >= 11 is 0. The molecule has 0 bridgehead atoms. The lowest BCUT2D eigenvalue weighted by molar-refractivity contribution is 0.669. The number of nitrogens with zero attached hydrogens (tertiary/aromatic N) is 5. The van der Waals surface area contributed by atoms with Crippen molar-refractivity contribution < 1.29 is 4.42 Å². The van der Waals surface area contributed by atoms with E-state index in [1.165, 1.54) is 0 Å². The van der Waals surface area contributed by atoms with Crippen molar-refractivity contribution in [1.82, 2.24) is 13.7 Å². The fourth-order valence-electron chi connectivity index (χ4n) is 11.2. The molecule has 6 nitrogen and oxygen atoms in total. The summed E-state index contributed by atoms with van der Waals surface area (Å²) in [5.41, 5.74) is 13.0. The third kappa shape index (κ3) is 4.87. The van der Waals surface area contributed by atoms with Crippen LogP contribution in [0.4, 0.5) is 0 Å². The molecule has 0 N–H and O–H groups in total. The molecule has 0 atom stereocenters. The lowest BCUT2D eigenvalue weighted by atomic mass is 9.90. The fraction of sp³-hybridized carbons (Fsp3) is 0.0333. The number of hydrogen-bond donors (Lipinski definition) is 0. The Labute approximate surface area is 377 Å². The van der Waals surface area contributed by atoms with Gasteiger partial charge in [0.25, 0.3) is 0 Å². The van der Waals surface area contributed by atoms with Crippen LogP contribution in [0.25, 0.3) is 121 Å². The Kier molecular flexibility index (Phi) is 7.55. The van der Waals surface area contributed by atoms with Crippen LogP contribution < -0.4 is 0 Å². The van der Waals surface area contributed by atoms with E-state index in [9.17, 15) is 10.5 Å². The molecule has 1 aliphatic rings. The van der Waals surface area contributed by atoms with Crippen molar-refractivity contribution in [2.24, 2.45) is 0 Å². The monoisotopic (exact) mass is 841 g/mol. The Morgan fingerprint density at radius 3 is 1.61 bits per heavy atom. The summed E-state index contributed by atoms with van der Waals surface area (Å²) in [6, 6.07) is 66.8. The van der Waals surface area contributed by atoms with Gasteiger partial charge in [-0.3, -0.25) is 0 Å². The number of para-hydroxylation sites is 5. The maximum Gasteiger partial charge on any atom is 0.135 e. The average molecular weight is 842 g/mol. The molecule has 4 heterocycles. The minimum Gasteiger partial charge on any atom is -0.456 e. The summed E-state index contributed by atoms with van der Waals surface area (Å²) in [5, 5.41) is 33.9. The summed E-state index contributed by atoms with van der Waals surface area (Å²) in [7, 11) is 0. The summed E-state index contributed by atoms with van der Waals surface area (Å²) < 4.78 is 13.3. The summed E-state index contributed by atoms with van der Waals surface area (Å²) in [6.45, 7) is 0. The van der Waals surface area contributed by atoms with Crippen molar-refractivity contribution >= 4 is 93.3 Å². The molecule has 0 saturated carbocycles. The standard InChI is InChI=1S/C60H35N5O/c61-34-47-58(65-53-27-13-7-21-43(53)45-31-36-15-1-2-16-37(36)33-54(45)65)48(35-62)60(64-51-25-11-5-19-41(51)42-20-6-12-26-52(42)64)57(38-29-30-56-46(32-38)44-22-8-14-28-55(44)66-56)59(47)63-49-23-9-3-17-39(49)40-18-4-10-24-50(40)63/h1-11,13-25,27-33H,12,26H2. The third-order valence-electron chi connectivity index (χ3n) is 13.9. The number of benzene rings is 9. The van der Waals surface area contributed by atoms with Crippen LogP contribution in [0.3, 0.4) is 0 Å². The second kappa shape index (κ2) is 13.7. The average Bonchev–Trinajstić information content (AvgIpc) is 4.11. The van der Waals surface area contributed by atoms with Crippen LogP contribution >= 0.6 is 0 Å². The van der Waals surface area contributed by atoms with E-state index in [0.29, 0.717) is 22.5 Å². The molecule has 0 radical (unpaired) electrons. The van der Waals surface area contributed by atoms with Gasteiger partial charge < -0.3 is 18.1 Å². The van der Waals surface area contributed by atoms with Crippen LogP contribution in [0.15, 0.2) is 186 Å². The number of fused-ring (bicyclic) bond motifs is 13. The molecule has 0 fully saturated rings. The predicted molar refractivity (Wildman–Crippen MR) is 269 cm³/mol. The zero-order valence-corrected chi connectivity index (χ0v) is 35.5. The number of allylic oxidation sites excluding steroid dienone is 1. The second-order valence-electron chi connectivity index (χ2n) is 17.3. The maximum atomic E-state index is 12.2. The van der Waals surface area contributed by atoms with Crippen molar-refractivity contribution in [2.45, 2.75) is 12.8 Å². The molecule has 0 amide bonds. The largest absolute Gasteiger partial charge is 0.456 e. The molecule has 1 aliphatic carbocycles. The predicted octanol–water partition coefficient (Wildman–Crippen LogP) is 15.2. The van der Waals surface area contributed by atoms with Gasteiger partial charge in [0.2, 0.25) is 0 Å². The molecule has 0 unspecified atom stereocenters. The van der Waals surface area contributed by atoms with Crippen molar-refractivity contribution in [3.63, 3.8) is 0 Å². The normalized spacial score (nSPS) is 12.6. The Balaban J connectivity index is 1.28. The Hall–Kier alpha value is -9.10. The van der Waals surface area contributed by atoms with Gasteiger partial charge in [0, 0.05) is 54.5 Å². The number of nitriles is 2. The van der Waals surface area contributed by atoms with Gasteiger partial charge in [0.15, 0.2) is 0 Å². The van der Waals surface area contributed by atoms with E-state index < -0.39 is 0 Å². The van der Waals surface area contributed by atoms with E-state index in [2.05, 4.69) is 184 Å². The first-order valence-electron chi connectivity index (χ1n) is 22.4. The summed E-state index contributed by atoms with van der Waals surface area (Å²) in [4.78, 5) is 0. The highest BCUT2D eigenvalue weighted by molar-refractivity contribution is 6.16. The van der Waals surface area contributed by atoms with Crippen LogP contribution in [0.1, 0.15) is 28.8 Å². The van der Waals surface area contributed by atoms with Gasteiger partial charge in [-0.15, -0.1) is 0 Å². The third-order valence-corrected chi connectivity index (χ3v) is 13.9. The number of furan rings is 1. The van der Waals surface area contributed by atoms with Crippen LogP contribution in [-0.2, 0) is 6.42 Å². The summed E-state index contributed by atoms with van der Waals surface area (Å²) in [6.07, 6.45) is 6.12. The summed E-state index contributed by atoms with van der Waals surface area (Å²) in [5.74, 6) is 0. The highest BCUT2D eigenvalue weighted by atomic mass is 16.3. The van der Waals surface area contributed by atoms with Gasteiger partial charge in [-0.1, -0.05) is 133 Å². The fourth-order valence-corrected chi connectivity index (χ4v) is 11.2. The van der Waals surface area contributed by atoms with Gasteiger partial charge in [0.1, 0.15) is 34.4 Å². The van der Waals surface area contributed by atoms with Crippen LogP contribution in [0.5, 0.6) is 0 Å². The number of hydrogen-bond acceptors (Lipinski definition) is 3. The van der Waals surface area contributed by atoms with Crippen LogP contribution in [-0.4, -0.2) is 13.7 Å². The van der Waals surface area contributed by atoms with Crippen molar-refractivity contribution in [2.75, 3.05) is 0 Å². The van der Waals surface area contributed by atoms with Crippen molar-refractivity contribution in [3.8, 4) is 40.3 Å². The minimum absolute atomic E-state index is 0.398. The maximum absolute atomic E-state index is 12.2. The topological polar surface area (TPSA) is 75.5 Å². The Morgan fingerprint density at radius 1 is 0.424 bits per heavy atom. The Morgan fingerprint density at radius 2 is 0.939 bits per heavy atom. The van der Waals surface area contributed by atoms with Gasteiger partial charge in [-0.2, -0.15) is 10.5 Å². The minimum atomic E-state index is 0.398. The second-order valence-corrected chi connectivity index (χ2v) is 17.3. The van der Waals surface area contributed by atoms with E-state index in [-0.39, 0.29) is 0 Å². The molecule has 66 heavy (non-hydrogen) atoms. The van der Waals surface area contributed by atoms with E-state index in [0.717, 1.165) is 128 Å². The van der Waals surface area contributed by atoms with Gasteiger partial charge in [-0.25, -0.2) is 0 Å². The highest BCUT2D eigenvalue weighted by Gasteiger charge is 2.34. The first-order chi connectivity index (χ1) is 32.7. The van der Waals surface area contributed by atoms with Crippen LogP contribution in [0.2, 0.25) is 0 Å². The molecule has 14 rings (SSSR count). The molecular weight excluding hydrogens is 807 g/mol. The molecule has 306 valence electrons. The highest BCUT2D eigenvalue weighted by Crippen LogP contribution is 2.50. The van der Waals surface area contributed by atoms with E-state index in [4.69, 9.17) is 4.42 Å². The Bertz CT molecular complexity index is 4330. The van der Waals surface area contributed by atoms with E-state index in [1.54, 1.807) is 0 Å². The van der Waals surface area contributed by atoms with Crippen molar-refractivity contribution in [1.29, 1.82) is 10.5 Å². The molecule has 0 aliphatic heterocycles. The van der Waals surface area contributed by atoms with Crippen molar-refractivity contribution in [3.05, 3.63) is 204 Å². The van der Waals surface area contributed by atoms with E-state index in [1.807, 2.05) is 30.3 Å². The lowest BCUT2D eigenvalue weighted by Crippen LogP contribution is -2.15. The van der Waals surface area contributed by atoms with Gasteiger partial charge in [-0.05, 0) is 83.8 Å². The number of rotatable bonds is 4. The zero-order chi connectivity index (χ0) is 43.6. The first kappa shape index (κ1) is 36.4. The number of aromatic nitrogens is 3. The smallest absolute Gasteiger partial charge is 0.135 e. The van der Waals surface area contributed by atoms with Crippen LogP contribution in [0, 0.1) is 22.7 Å². The van der Waals surface area contributed by atoms with E-state index >= 15 is 0 Å². The SMILES string of the molecule is N#Cc1c(-n2c3c(c4ccccc42)C=CCC3)c(-c2ccc3oc4ccccc4c3c2)c(-n2c3ccccc3c3ccccc32)c(C#N)c1-n1c2ccccc2c2cc3ccccc3cc21. The zero-order valence-electron chi connectivity index (χ0n) is 35.5. The first-order valence-corrected chi connectivity index (χ1v) is 22.4. The molecule has 0 spiro atoms. The quantitative estimate of drug-likeness (QED) is 0.177. The molecule has 4 aromatic heterocycles. The molecule has 13 aromatic rings. The molecule has 0 saturated heterocycles.